The highest BCUT2D eigenvalue weighted by molar-refractivity contribution is 7.99. The highest BCUT2D eigenvalue weighted by Gasteiger charge is 2.32. The highest BCUT2D eigenvalue weighted by atomic mass is 32.2. The molecule has 0 bridgehead atoms. The topological polar surface area (TPSA) is 38.3 Å². The second kappa shape index (κ2) is 9.77. The molecule has 17 heavy (non-hydrogen) atoms. The van der Waals surface area contributed by atoms with E-state index in [0.717, 1.165) is 18.6 Å². The van der Waals surface area contributed by atoms with Crippen molar-refractivity contribution in [2.45, 2.75) is 52.0 Å². The molecule has 0 aliphatic rings. The molecule has 0 aliphatic heterocycles. The molecule has 0 aromatic heterocycles. The molecule has 4 heteroatoms. The number of carbonyl (C=O) groups excluding carboxylic acids is 1. The van der Waals surface area contributed by atoms with E-state index in [2.05, 4.69) is 12.2 Å². The van der Waals surface area contributed by atoms with Gasteiger partial charge in [-0.05, 0) is 51.7 Å². The summed E-state index contributed by atoms with van der Waals surface area (Å²) in [6, 6.07) is 0. The lowest BCUT2D eigenvalue weighted by molar-refractivity contribution is -0.150. The van der Waals surface area contributed by atoms with Gasteiger partial charge >= 0.3 is 5.97 Å². The van der Waals surface area contributed by atoms with Gasteiger partial charge in [0.15, 0.2) is 0 Å². The highest BCUT2D eigenvalue weighted by Crippen LogP contribution is 2.17. The number of thioether (sulfide) groups is 1. The average molecular weight is 261 g/mol. The molecule has 0 fully saturated rings. The van der Waals surface area contributed by atoms with Crippen molar-refractivity contribution in [2.24, 2.45) is 0 Å². The Labute approximate surface area is 110 Å². The lowest BCUT2D eigenvalue weighted by Gasteiger charge is -2.26. The number of unbranched alkanes of at least 4 members (excludes halogenated alkanes) is 1. The Morgan fingerprint density at radius 3 is 2.47 bits per heavy atom. The largest absolute Gasteiger partial charge is 0.465 e. The van der Waals surface area contributed by atoms with E-state index >= 15 is 0 Å². The fraction of sp³-hybridized carbons (Fsp3) is 0.923. The maximum absolute atomic E-state index is 11.8. The van der Waals surface area contributed by atoms with E-state index in [0.29, 0.717) is 6.61 Å². The molecule has 102 valence electrons. The monoisotopic (exact) mass is 261 g/mol. The second-order valence-corrected chi connectivity index (χ2v) is 5.60. The van der Waals surface area contributed by atoms with Crippen LogP contribution >= 0.6 is 11.8 Å². The van der Waals surface area contributed by atoms with E-state index in [4.69, 9.17) is 4.74 Å². The Hall–Kier alpha value is -0.220. The Morgan fingerprint density at radius 1 is 1.29 bits per heavy atom. The zero-order valence-corrected chi connectivity index (χ0v) is 12.5. The maximum Gasteiger partial charge on any atom is 0.326 e. The lowest BCUT2D eigenvalue weighted by atomic mass is 9.97. The molecular weight excluding hydrogens is 234 g/mol. The standard InChI is InChI=1S/C13H27NO2S/c1-5-7-10-17-11-8-9-13(3,14-4)12(15)16-6-2/h14H,5-11H2,1-4H3. The van der Waals surface area contributed by atoms with Gasteiger partial charge in [0.05, 0.1) is 6.61 Å². The molecule has 0 saturated heterocycles. The van der Waals surface area contributed by atoms with Crippen LogP contribution in [0.15, 0.2) is 0 Å². The molecule has 1 N–H and O–H groups in total. The number of ether oxygens (including phenoxy) is 1. The van der Waals surface area contributed by atoms with Crippen LogP contribution in [0.5, 0.6) is 0 Å². The van der Waals surface area contributed by atoms with Crippen LogP contribution in [0.2, 0.25) is 0 Å². The minimum Gasteiger partial charge on any atom is -0.465 e. The molecule has 0 aromatic carbocycles. The first-order chi connectivity index (χ1) is 8.10. The Balaban J connectivity index is 3.83. The van der Waals surface area contributed by atoms with Crippen LogP contribution in [0.3, 0.4) is 0 Å². The smallest absolute Gasteiger partial charge is 0.326 e. The fourth-order valence-electron chi connectivity index (χ4n) is 1.50. The third-order valence-electron chi connectivity index (χ3n) is 2.89. The lowest BCUT2D eigenvalue weighted by Crippen LogP contribution is -2.48. The Kier molecular flexibility index (Phi) is 9.65. The molecule has 0 spiro atoms. The number of esters is 1. The van der Waals surface area contributed by atoms with Crippen LogP contribution in [0.25, 0.3) is 0 Å². The zero-order chi connectivity index (χ0) is 13.1. The summed E-state index contributed by atoms with van der Waals surface area (Å²) in [6.07, 6.45) is 4.42. The first-order valence-corrected chi connectivity index (χ1v) is 7.70. The summed E-state index contributed by atoms with van der Waals surface area (Å²) in [5.74, 6) is 2.21. The van der Waals surface area contributed by atoms with Crippen molar-refractivity contribution >= 4 is 17.7 Å². The van der Waals surface area contributed by atoms with Gasteiger partial charge < -0.3 is 10.1 Å². The minimum atomic E-state index is -0.526. The van der Waals surface area contributed by atoms with Crippen LogP contribution in [-0.2, 0) is 9.53 Å². The molecule has 3 nitrogen and oxygen atoms in total. The van der Waals surface area contributed by atoms with Gasteiger partial charge in [0, 0.05) is 0 Å². The molecule has 0 aliphatic carbocycles. The van der Waals surface area contributed by atoms with Crippen molar-refractivity contribution < 1.29 is 9.53 Å². The average Bonchev–Trinajstić information content (AvgIpc) is 2.33. The number of carbonyl (C=O) groups is 1. The summed E-state index contributed by atoms with van der Waals surface area (Å²) in [6.45, 7) is 6.41. The van der Waals surface area contributed by atoms with Gasteiger partial charge in [0.2, 0.25) is 0 Å². The van der Waals surface area contributed by atoms with Gasteiger partial charge in [0.1, 0.15) is 5.54 Å². The van der Waals surface area contributed by atoms with E-state index in [1.165, 1.54) is 18.6 Å². The number of rotatable bonds is 10. The summed E-state index contributed by atoms with van der Waals surface area (Å²) in [4.78, 5) is 11.8. The van der Waals surface area contributed by atoms with Crippen molar-refractivity contribution in [1.29, 1.82) is 0 Å². The van der Waals surface area contributed by atoms with Crippen molar-refractivity contribution in [3.8, 4) is 0 Å². The van der Waals surface area contributed by atoms with Crippen LogP contribution in [-0.4, -0.2) is 36.7 Å². The summed E-state index contributed by atoms with van der Waals surface area (Å²) in [7, 11) is 1.82. The predicted octanol–water partition coefficient (Wildman–Crippen LogP) is 2.84. The van der Waals surface area contributed by atoms with Crippen molar-refractivity contribution in [1.82, 2.24) is 5.32 Å². The van der Waals surface area contributed by atoms with E-state index in [1.54, 1.807) is 0 Å². The van der Waals surface area contributed by atoms with Crippen molar-refractivity contribution in [2.75, 3.05) is 25.2 Å². The summed E-state index contributed by atoms with van der Waals surface area (Å²) >= 11 is 1.97. The minimum absolute atomic E-state index is 0.138. The molecule has 0 aromatic rings. The number of hydrogen-bond donors (Lipinski definition) is 1. The maximum atomic E-state index is 11.8. The third kappa shape index (κ3) is 6.94. The van der Waals surface area contributed by atoms with E-state index in [1.807, 2.05) is 32.7 Å². The molecular formula is C13H27NO2S. The van der Waals surface area contributed by atoms with Crippen LogP contribution in [0.4, 0.5) is 0 Å². The summed E-state index contributed by atoms with van der Waals surface area (Å²) < 4.78 is 5.09. The zero-order valence-electron chi connectivity index (χ0n) is 11.7. The number of hydrogen-bond acceptors (Lipinski definition) is 4. The number of likely N-dealkylation sites (N-methyl/N-ethyl adjacent to an activating group) is 1. The second-order valence-electron chi connectivity index (χ2n) is 4.37. The molecule has 0 heterocycles. The fourth-order valence-corrected chi connectivity index (χ4v) is 2.54. The predicted molar refractivity (Wildman–Crippen MR) is 75.6 cm³/mol. The van der Waals surface area contributed by atoms with Gasteiger partial charge in [-0.2, -0.15) is 11.8 Å². The molecule has 0 radical (unpaired) electrons. The van der Waals surface area contributed by atoms with Crippen molar-refractivity contribution in [3.05, 3.63) is 0 Å². The first-order valence-electron chi connectivity index (χ1n) is 6.54. The Morgan fingerprint density at radius 2 is 1.94 bits per heavy atom. The summed E-state index contributed by atoms with van der Waals surface area (Å²) in [5.41, 5.74) is -0.526. The van der Waals surface area contributed by atoms with Gasteiger partial charge in [-0.3, -0.25) is 4.79 Å². The SMILES string of the molecule is CCCCSCCCC(C)(NC)C(=O)OCC. The normalized spacial score (nSPS) is 14.4. The van der Waals surface area contributed by atoms with Crippen LogP contribution in [0.1, 0.15) is 46.5 Å². The molecule has 0 amide bonds. The molecule has 1 atom stereocenters. The quantitative estimate of drug-likeness (QED) is 0.485. The van der Waals surface area contributed by atoms with Gasteiger partial charge in [-0.25, -0.2) is 0 Å². The molecule has 0 rings (SSSR count). The third-order valence-corrected chi connectivity index (χ3v) is 4.04. The van der Waals surface area contributed by atoms with E-state index < -0.39 is 5.54 Å². The van der Waals surface area contributed by atoms with Gasteiger partial charge in [-0.15, -0.1) is 0 Å². The van der Waals surface area contributed by atoms with E-state index in [9.17, 15) is 4.79 Å². The molecule has 0 saturated carbocycles. The van der Waals surface area contributed by atoms with Crippen LogP contribution in [0, 0.1) is 0 Å². The van der Waals surface area contributed by atoms with Gasteiger partial charge in [-0.1, -0.05) is 13.3 Å². The number of nitrogens with one attached hydrogen (secondary N) is 1. The van der Waals surface area contributed by atoms with Crippen molar-refractivity contribution in [3.63, 3.8) is 0 Å². The Bertz CT molecular complexity index is 212. The first kappa shape index (κ1) is 16.8. The van der Waals surface area contributed by atoms with Gasteiger partial charge in [0.25, 0.3) is 0 Å². The molecule has 1 unspecified atom stereocenters. The van der Waals surface area contributed by atoms with E-state index in [-0.39, 0.29) is 5.97 Å². The summed E-state index contributed by atoms with van der Waals surface area (Å²) in [5, 5.41) is 3.08. The van der Waals surface area contributed by atoms with Crippen LogP contribution < -0.4 is 5.32 Å².